The van der Waals surface area contributed by atoms with Crippen molar-refractivity contribution in [3.63, 3.8) is 0 Å². The van der Waals surface area contributed by atoms with Gasteiger partial charge < -0.3 is 0 Å². The van der Waals surface area contributed by atoms with Gasteiger partial charge in [-0.25, -0.2) is 0 Å². The molecule has 3 N–H and O–H groups in total. The van der Waals surface area contributed by atoms with E-state index >= 15 is 0 Å². The Hall–Kier alpha value is -0.640. The summed E-state index contributed by atoms with van der Waals surface area (Å²) < 4.78 is 0. The lowest BCUT2D eigenvalue weighted by atomic mass is 9.78. The van der Waals surface area contributed by atoms with Crippen molar-refractivity contribution in [2.45, 2.75) is 45.1 Å². The highest BCUT2D eigenvalue weighted by atomic mass is 35.5. The van der Waals surface area contributed by atoms with Gasteiger partial charge in [0.15, 0.2) is 0 Å². The Balaban J connectivity index is 1.99. The van der Waals surface area contributed by atoms with Crippen LogP contribution in [0.3, 0.4) is 0 Å². The van der Waals surface area contributed by atoms with E-state index in [1.165, 1.54) is 25.7 Å². The van der Waals surface area contributed by atoms with Gasteiger partial charge in [-0.05, 0) is 42.7 Å². The zero-order valence-corrected chi connectivity index (χ0v) is 11.7. The summed E-state index contributed by atoms with van der Waals surface area (Å²) in [6, 6.07) is 2.30. The van der Waals surface area contributed by atoms with Gasteiger partial charge in [0.25, 0.3) is 0 Å². The molecule has 2 rings (SSSR count). The average molecular weight is 268 g/mol. The number of hydrazine groups is 1. The molecule has 1 heterocycles. The van der Waals surface area contributed by atoms with E-state index in [0.717, 1.165) is 22.9 Å². The predicted octanol–water partition coefficient (Wildman–Crippen LogP) is 2.94. The first-order chi connectivity index (χ1) is 8.70. The Kier molecular flexibility index (Phi) is 4.98. The number of hydrogen-bond acceptors (Lipinski definition) is 3. The summed E-state index contributed by atoms with van der Waals surface area (Å²) in [5.41, 5.74) is 4.12. The lowest BCUT2D eigenvalue weighted by Crippen LogP contribution is -2.43. The molecule has 3 nitrogen and oxygen atoms in total. The van der Waals surface area contributed by atoms with E-state index < -0.39 is 0 Å². The van der Waals surface area contributed by atoms with Crippen molar-refractivity contribution in [2.75, 3.05) is 0 Å². The lowest BCUT2D eigenvalue weighted by molar-refractivity contribution is 0.229. The topological polar surface area (TPSA) is 50.9 Å². The summed E-state index contributed by atoms with van der Waals surface area (Å²) in [6.07, 6.45) is 9.53. The van der Waals surface area contributed by atoms with Crippen molar-refractivity contribution in [1.82, 2.24) is 10.4 Å². The summed E-state index contributed by atoms with van der Waals surface area (Å²) in [5.74, 6) is 7.25. The molecule has 0 aliphatic heterocycles. The fourth-order valence-corrected chi connectivity index (χ4v) is 3.05. The maximum absolute atomic E-state index is 6.16. The molecule has 0 amide bonds. The van der Waals surface area contributed by atoms with E-state index in [1.54, 1.807) is 12.4 Å². The third kappa shape index (κ3) is 3.44. The third-order valence-corrected chi connectivity index (χ3v) is 4.48. The molecule has 4 heteroatoms. The summed E-state index contributed by atoms with van der Waals surface area (Å²) in [4.78, 5) is 4.02. The van der Waals surface area contributed by atoms with E-state index in [2.05, 4.69) is 17.3 Å². The van der Waals surface area contributed by atoms with Gasteiger partial charge in [0, 0.05) is 18.4 Å². The molecule has 0 saturated heterocycles. The molecule has 0 radical (unpaired) electrons. The quantitative estimate of drug-likeness (QED) is 0.651. The van der Waals surface area contributed by atoms with Crippen molar-refractivity contribution < 1.29 is 0 Å². The van der Waals surface area contributed by atoms with Gasteiger partial charge in [-0.1, -0.05) is 31.4 Å². The fraction of sp³-hybridized carbons (Fsp3) is 0.643. The minimum absolute atomic E-state index is 0.317. The molecule has 1 unspecified atom stereocenters. The van der Waals surface area contributed by atoms with Crippen LogP contribution in [0.25, 0.3) is 0 Å². The van der Waals surface area contributed by atoms with Gasteiger partial charge in [-0.3, -0.25) is 16.3 Å². The Morgan fingerprint density at radius 2 is 2.17 bits per heavy atom. The number of aromatic nitrogens is 1. The molecule has 18 heavy (non-hydrogen) atoms. The maximum Gasteiger partial charge on any atom is 0.0621 e. The van der Waals surface area contributed by atoms with E-state index in [9.17, 15) is 0 Å². The fourth-order valence-electron chi connectivity index (χ4n) is 2.86. The summed E-state index contributed by atoms with van der Waals surface area (Å²) in [5, 5.41) is 0.738. The van der Waals surface area contributed by atoms with Gasteiger partial charge in [0.1, 0.15) is 0 Å². The highest BCUT2D eigenvalue weighted by molar-refractivity contribution is 6.31. The number of pyridine rings is 1. The number of rotatable bonds is 4. The van der Waals surface area contributed by atoms with Crippen LogP contribution >= 0.6 is 11.6 Å². The minimum Gasteiger partial charge on any atom is -0.271 e. The second-order valence-electron chi connectivity index (χ2n) is 5.46. The molecule has 1 aromatic heterocycles. The SMILES string of the molecule is CC1CCC(C(Cc2ccncc2Cl)NN)CC1. The van der Waals surface area contributed by atoms with E-state index in [-0.39, 0.29) is 0 Å². The number of nitrogens with one attached hydrogen (secondary N) is 1. The van der Waals surface area contributed by atoms with E-state index in [0.29, 0.717) is 12.0 Å². The zero-order valence-electron chi connectivity index (χ0n) is 10.9. The second-order valence-corrected chi connectivity index (χ2v) is 5.87. The summed E-state index contributed by atoms with van der Waals surface area (Å²) in [6.45, 7) is 2.33. The first kappa shape index (κ1) is 13.8. The van der Waals surface area contributed by atoms with Crippen LogP contribution < -0.4 is 11.3 Å². The summed E-state index contributed by atoms with van der Waals surface area (Å²) >= 11 is 6.16. The first-order valence-corrected chi connectivity index (χ1v) is 7.13. The monoisotopic (exact) mass is 267 g/mol. The van der Waals surface area contributed by atoms with Crippen molar-refractivity contribution in [3.8, 4) is 0 Å². The minimum atomic E-state index is 0.317. The van der Waals surface area contributed by atoms with Gasteiger partial charge in [0.05, 0.1) is 5.02 Å². The Bertz CT molecular complexity index is 375. The standard InChI is InChI=1S/C14H22ClN3/c1-10-2-4-11(5-3-10)14(18-16)8-12-6-7-17-9-13(12)15/h6-7,9-11,14,18H,2-5,8,16H2,1H3. The Morgan fingerprint density at radius 3 is 2.78 bits per heavy atom. The number of nitrogens with zero attached hydrogens (tertiary/aromatic N) is 1. The molecular formula is C14H22ClN3. The van der Waals surface area contributed by atoms with Crippen LogP contribution in [0, 0.1) is 11.8 Å². The Morgan fingerprint density at radius 1 is 1.44 bits per heavy atom. The van der Waals surface area contributed by atoms with Crippen molar-refractivity contribution in [3.05, 3.63) is 29.0 Å². The van der Waals surface area contributed by atoms with Crippen molar-refractivity contribution in [2.24, 2.45) is 17.7 Å². The van der Waals surface area contributed by atoms with Gasteiger partial charge in [0.2, 0.25) is 0 Å². The smallest absolute Gasteiger partial charge is 0.0621 e. The zero-order chi connectivity index (χ0) is 13.0. The predicted molar refractivity (Wildman–Crippen MR) is 75.2 cm³/mol. The largest absolute Gasteiger partial charge is 0.271 e. The molecule has 1 atom stereocenters. The molecule has 0 aromatic carbocycles. The van der Waals surface area contributed by atoms with Gasteiger partial charge in [-0.15, -0.1) is 0 Å². The van der Waals surface area contributed by atoms with Crippen LogP contribution in [0.2, 0.25) is 5.02 Å². The van der Waals surface area contributed by atoms with Crippen molar-refractivity contribution >= 4 is 11.6 Å². The molecule has 0 spiro atoms. The lowest BCUT2D eigenvalue weighted by Gasteiger charge is -2.32. The van der Waals surface area contributed by atoms with Crippen LogP contribution in [0.4, 0.5) is 0 Å². The molecule has 1 aromatic rings. The van der Waals surface area contributed by atoms with Crippen LogP contribution in [0.15, 0.2) is 18.5 Å². The maximum atomic E-state index is 6.16. The van der Waals surface area contributed by atoms with E-state index in [1.807, 2.05) is 6.07 Å². The molecule has 100 valence electrons. The molecular weight excluding hydrogens is 246 g/mol. The number of nitrogens with two attached hydrogens (primary N) is 1. The second kappa shape index (κ2) is 6.50. The first-order valence-electron chi connectivity index (χ1n) is 6.75. The van der Waals surface area contributed by atoms with Crippen LogP contribution in [0.1, 0.15) is 38.2 Å². The highest BCUT2D eigenvalue weighted by Gasteiger charge is 2.25. The number of hydrogen-bond donors (Lipinski definition) is 2. The highest BCUT2D eigenvalue weighted by Crippen LogP contribution is 2.31. The third-order valence-electron chi connectivity index (χ3n) is 4.14. The molecule has 1 fully saturated rings. The average Bonchev–Trinajstić information content (AvgIpc) is 2.39. The molecule has 1 aliphatic carbocycles. The molecule has 0 bridgehead atoms. The van der Waals surface area contributed by atoms with Gasteiger partial charge in [-0.2, -0.15) is 0 Å². The Labute approximate surface area is 114 Å². The van der Waals surface area contributed by atoms with E-state index in [4.69, 9.17) is 17.4 Å². The number of halogens is 1. The van der Waals surface area contributed by atoms with Crippen molar-refractivity contribution in [1.29, 1.82) is 0 Å². The van der Waals surface area contributed by atoms with Crippen LogP contribution in [0.5, 0.6) is 0 Å². The van der Waals surface area contributed by atoms with Crippen LogP contribution in [-0.4, -0.2) is 11.0 Å². The summed E-state index contributed by atoms with van der Waals surface area (Å²) in [7, 11) is 0. The van der Waals surface area contributed by atoms with Crippen LogP contribution in [-0.2, 0) is 6.42 Å². The van der Waals surface area contributed by atoms with Gasteiger partial charge >= 0.3 is 0 Å². The molecule has 1 saturated carbocycles. The normalized spacial score (nSPS) is 25.9. The molecule has 1 aliphatic rings.